The van der Waals surface area contributed by atoms with Crippen LogP contribution in [0.25, 0.3) is 0 Å². The Morgan fingerprint density at radius 3 is 2.52 bits per heavy atom. The predicted octanol–water partition coefficient (Wildman–Crippen LogP) is 0.949. The Morgan fingerprint density at radius 1 is 1.17 bits per heavy atom. The van der Waals surface area contributed by atoms with Gasteiger partial charge in [-0.1, -0.05) is 30.0 Å². The van der Waals surface area contributed by atoms with Crippen LogP contribution in [0.1, 0.15) is 16.8 Å². The molecule has 3 N–H and O–H groups in total. The van der Waals surface area contributed by atoms with Crippen molar-refractivity contribution in [2.45, 2.75) is 25.4 Å². The lowest BCUT2D eigenvalue weighted by atomic mass is 10.1. The van der Waals surface area contributed by atoms with Crippen LogP contribution < -0.4 is 16.2 Å². The van der Waals surface area contributed by atoms with Crippen molar-refractivity contribution in [3.8, 4) is 0 Å². The van der Waals surface area contributed by atoms with E-state index in [2.05, 4.69) is 25.3 Å². The van der Waals surface area contributed by atoms with Crippen molar-refractivity contribution < 1.29 is 19.1 Å². The Balaban J connectivity index is 1.85. The van der Waals surface area contributed by atoms with E-state index in [1.54, 1.807) is 0 Å². The zero-order chi connectivity index (χ0) is 21.4. The zero-order valence-electron chi connectivity index (χ0n) is 16.3. The summed E-state index contributed by atoms with van der Waals surface area (Å²) in [5.41, 5.74) is 2.40. The number of aromatic amines is 1. The van der Waals surface area contributed by atoms with Crippen LogP contribution in [-0.4, -0.2) is 47.2 Å². The van der Waals surface area contributed by atoms with E-state index in [9.17, 15) is 19.2 Å². The van der Waals surface area contributed by atoms with Crippen LogP contribution in [0, 0.1) is 13.8 Å². The minimum Gasteiger partial charge on any atom is -0.469 e. The summed E-state index contributed by atoms with van der Waals surface area (Å²) >= 11 is 0.990. The number of esters is 1. The molecule has 2 rings (SSSR count). The number of ether oxygens (including phenoxy) is 1. The van der Waals surface area contributed by atoms with Gasteiger partial charge in [0, 0.05) is 11.8 Å². The summed E-state index contributed by atoms with van der Waals surface area (Å²) in [6, 6.07) is 6.87. The second-order valence-electron chi connectivity index (χ2n) is 6.18. The highest BCUT2D eigenvalue weighted by molar-refractivity contribution is 7.99. The number of anilines is 1. The van der Waals surface area contributed by atoms with Crippen LogP contribution in [0.5, 0.6) is 0 Å². The average Bonchev–Trinajstić information content (AvgIpc) is 2.67. The fourth-order valence-electron chi connectivity index (χ4n) is 2.42. The molecule has 0 spiro atoms. The number of aromatic nitrogens is 2. The molecule has 2 aromatic rings. The number of rotatable bonds is 8. The molecule has 0 radical (unpaired) electrons. The monoisotopic (exact) mass is 418 g/mol. The number of H-pyrrole nitrogens is 1. The number of aryl methyl sites for hydroxylation is 2. The highest BCUT2D eigenvalue weighted by atomic mass is 32.2. The Kier molecular flexibility index (Phi) is 7.96. The fourth-order valence-corrected chi connectivity index (χ4v) is 3.15. The van der Waals surface area contributed by atoms with Crippen molar-refractivity contribution in [3.63, 3.8) is 0 Å². The largest absolute Gasteiger partial charge is 0.469 e. The van der Waals surface area contributed by atoms with Crippen LogP contribution in [-0.2, 0) is 25.5 Å². The number of carbonyl (C=O) groups excluding carboxylic acids is 3. The molecule has 9 nitrogen and oxygen atoms in total. The Bertz CT molecular complexity index is 953. The van der Waals surface area contributed by atoms with Crippen LogP contribution in [0.2, 0.25) is 0 Å². The van der Waals surface area contributed by atoms with E-state index < -0.39 is 17.4 Å². The Morgan fingerprint density at radius 2 is 1.86 bits per heavy atom. The van der Waals surface area contributed by atoms with E-state index in [1.807, 2.05) is 32.0 Å². The molecule has 0 unspecified atom stereocenters. The number of para-hydroxylation sites is 1. The normalized spacial score (nSPS) is 10.3. The molecule has 0 atom stereocenters. The maximum absolute atomic E-state index is 12.1. The van der Waals surface area contributed by atoms with Crippen LogP contribution in [0.4, 0.5) is 5.69 Å². The molecule has 0 saturated heterocycles. The van der Waals surface area contributed by atoms with Gasteiger partial charge in [0.2, 0.25) is 11.8 Å². The first-order chi connectivity index (χ1) is 13.8. The van der Waals surface area contributed by atoms with Gasteiger partial charge in [-0.2, -0.15) is 0 Å². The van der Waals surface area contributed by atoms with Crippen molar-refractivity contribution >= 4 is 35.2 Å². The summed E-state index contributed by atoms with van der Waals surface area (Å²) < 4.78 is 4.54. The van der Waals surface area contributed by atoms with Gasteiger partial charge in [-0.15, -0.1) is 0 Å². The first kappa shape index (κ1) is 22.2. The minimum absolute atomic E-state index is 0.0543. The number of nitrogens with one attached hydrogen (secondary N) is 3. The molecule has 1 aromatic carbocycles. The van der Waals surface area contributed by atoms with E-state index in [4.69, 9.17) is 0 Å². The van der Waals surface area contributed by atoms with Crippen molar-refractivity contribution in [3.05, 3.63) is 51.4 Å². The lowest BCUT2D eigenvalue weighted by Crippen LogP contribution is -2.34. The van der Waals surface area contributed by atoms with E-state index >= 15 is 0 Å². The first-order valence-electron chi connectivity index (χ1n) is 8.71. The topological polar surface area (TPSA) is 130 Å². The smallest absolute Gasteiger partial charge is 0.311 e. The Labute approximate surface area is 171 Å². The third kappa shape index (κ3) is 7.07. The summed E-state index contributed by atoms with van der Waals surface area (Å²) in [4.78, 5) is 53.6. The molecule has 1 aromatic heterocycles. The third-order valence-electron chi connectivity index (χ3n) is 3.86. The van der Waals surface area contributed by atoms with Gasteiger partial charge in [-0.3, -0.25) is 19.2 Å². The van der Waals surface area contributed by atoms with Crippen molar-refractivity contribution in [2.24, 2.45) is 0 Å². The summed E-state index contributed by atoms with van der Waals surface area (Å²) in [7, 11) is 1.24. The number of amides is 2. The Hall–Kier alpha value is -3.14. The number of thioether (sulfide) groups is 1. The lowest BCUT2D eigenvalue weighted by molar-refractivity contribution is -0.139. The number of hydrogen-bond acceptors (Lipinski definition) is 7. The molecule has 154 valence electrons. The molecule has 0 fully saturated rings. The third-order valence-corrected chi connectivity index (χ3v) is 4.73. The predicted molar refractivity (Wildman–Crippen MR) is 109 cm³/mol. The molecular formula is C19H22N4O5S. The minimum atomic E-state index is -0.522. The molecule has 0 aliphatic heterocycles. The van der Waals surface area contributed by atoms with Gasteiger partial charge in [0.1, 0.15) is 0 Å². The highest BCUT2D eigenvalue weighted by Crippen LogP contribution is 2.19. The number of nitrogens with zero attached hydrogens (tertiary/aromatic N) is 1. The maximum Gasteiger partial charge on any atom is 0.311 e. The van der Waals surface area contributed by atoms with Gasteiger partial charge in [-0.25, -0.2) is 4.98 Å². The molecule has 29 heavy (non-hydrogen) atoms. The first-order valence-corrected chi connectivity index (χ1v) is 9.69. The van der Waals surface area contributed by atoms with E-state index in [1.165, 1.54) is 13.2 Å². The van der Waals surface area contributed by atoms with Gasteiger partial charge in [0.25, 0.3) is 5.56 Å². The van der Waals surface area contributed by atoms with Gasteiger partial charge < -0.3 is 20.4 Å². The lowest BCUT2D eigenvalue weighted by Gasteiger charge is -2.11. The molecular weight excluding hydrogens is 396 g/mol. The van der Waals surface area contributed by atoms with Gasteiger partial charge in [-0.05, 0) is 25.0 Å². The van der Waals surface area contributed by atoms with Crippen LogP contribution >= 0.6 is 11.8 Å². The molecule has 10 heteroatoms. The molecule has 0 aliphatic rings. The highest BCUT2D eigenvalue weighted by Gasteiger charge is 2.11. The van der Waals surface area contributed by atoms with E-state index in [0.717, 1.165) is 28.6 Å². The molecule has 0 saturated carbocycles. The van der Waals surface area contributed by atoms with Crippen LogP contribution in [0.15, 0.2) is 34.2 Å². The van der Waals surface area contributed by atoms with E-state index in [-0.39, 0.29) is 35.5 Å². The average molecular weight is 418 g/mol. The second kappa shape index (κ2) is 10.4. The van der Waals surface area contributed by atoms with E-state index in [0.29, 0.717) is 0 Å². The van der Waals surface area contributed by atoms with Crippen molar-refractivity contribution in [1.82, 2.24) is 15.3 Å². The van der Waals surface area contributed by atoms with Crippen LogP contribution in [0.3, 0.4) is 0 Å². The number of benzene rings is 1. The fraction of sp³-hybridized carbons (Fsp3) is 0.316. The molecule has 2 amide bonds. The van der Waals surface area contributed by atoms with Gasteiger partial charge >= 0.3 is 5.97 Å². The summed E-state index contributed by atoms with van der Waals surface area (Å²) in [6.45, 7) is 3.60. The number of carbonyl (C=O) groups is 3. The van der Waals surface area contributed by atoms with Gasteiger partial charge in [0.15, 0.2) is 5.16 Å². The number of hydrogen-bond donors (Lipinski definition) is 3. The van der Waals surface area contributed by atoms with Crippen molar-refractivity contribution in [2.75, 3.05) is 24.7 Å². The summed E-state index contributed by atoms with van der Waals surface area (Å²) in [5.74, 6) is -1.31. The SMILES string of the molecule is COC(=O)Cc1cc(=O)[nH]c(SCC(=O)NCC(=O)Nc2c(C)cccc2C)n1. The molecule has 1 heterocycles. The molecule has 0 bridgehead atoms. The number of methoxy groups -OCH3 is 1. The van der Waals surface area contributed by atoms with Gasteiger partial charge in [0.05, 0.1) is 31.5 Å². The summed E-state index contributed by atoms with van der Waals surface area (Å²) in [6.07, 6.45) is -0.140. The van der Waals surface area contributed by atoms with Crippen molar-refractivity contribution in [1.29, 1.82) is 0 Å². The zero-order valence-corrected chi connectivity index (χ0v) is 17.1. The second-order valence-corrected chi connectivity index (χ2v) is 7.14. The summed E-state index contributed by atoms with van der Waals surface area (Å²) in [5, 5.41) is 5.50. The molecule has 0 aliphatic carbocycles. The quantitative estimate of drug-likeness (QED) is 0.330. The maximum atomic E-state index is 12.1. The standard InChI is InChI=1S/C19H22N4O5S/c1-11-5-4-6-12(2)18(11)22-15(25)9-20-16(26)10-29-19-21-13(7-14(24)23-19)8-17(27)28-3/h4-7H,8-10H2,1-3H3,(H,20,26)(H,22,25)(H,21,23,24).